The van der Waals surface area contributed by atoms with Crippen molar-refractivity contribution in [3.05, 3.63) is 41.5 Å². The lowest BCUT2D eigenvalue weighted by Gasteiger charge is -2.29. The van der Waals surface area contributed by atoms with Crippen molar-refractivity contribution < 1.29 is 14.3 Å². The van der Waals surface area contributed by atoms with Gasteiger partial charge in [-0.15, -0.1) is 0 Å². The topological polar surface area (TPSA) is 46.6 Å². The van der Waals surface area contributed by atoms with Gasteiger partial charge in [-0.1, -0.05) is 12.1 Å². The standard InChI is InChI=1S/C14H15NO3/c1-18-14(17)12-6-3-11(4-7-12)5-8-13(16)15-9-2-10-15/h3-8H,2,9-10H2,1H3. The highest BCUT2D eigenvalue weighted by atomic mass is 16.5. The van der Waals surface area contributed by atoms with Crippen molar-refractivity contribution in [2.24, 2.45) is 0 Å². The summed E-state index contributed by atoms with van der Waals surface area (Å²) < 4.78 is 4.61. The van der Waals surface area contributed by atoms with Gasteiger partial charge in [-0.25, -0.2) is 4.79 Å². The molecule has 1 fully saturated rings. The van der Waals surface area contributed by atoms with Gasteiger partial charge in [0.25, 0.3) is 0 Å². The van der Waals surface area contributed by atoms with E-state index in [0.29, 0.717) is 5.56 Å². The Balaban J connectivity index is 1.99. The second-order valence-corrected chi connectivity index (χ2v) is 4.13. The first kappa shape index (κ1) is 12.4. The average molecular weight is 245 g/mol. The first-order valence-electron chi connectivity index (χ1n) is 5.86. The number of benzene rings is 1. The number of ether oxygens (including phenoxy) is 1. The van der Waals surface area contributed by atoms with Crippen molar-refractivity contribution in [2.75, 3.05) is 20.2 Å². The monoisotopic (exact) mass is 245 g/mol. The number of nitrogens with zero attached hydrogens (tertiary/aromatic N) is 1. The van der Waals surface area contributed by atoms with E-state index in [4.69, 9.17) is 0 Å². The molecule has 94 valence electrons. The summed E-state index contributed by atoms with van der Waals surface area (Å²) >= 11 is 0. The predicted octanol–water partition coefficient (Wildman–Crippen LogP) is 1.72. The van der Waals surface area contributed by atoms with Crippen LogP contribution in [0.2, 0.25) is 0 Å². The highest BCUT2D eigenvalue weighted by molar-refractivity contribution is 5.93. The third-order valence-electron chi connectivity index (χ3n) is 2.92. The Labute approximate surface area is 106 Å². The van der Waals surface area contributed by atoms with Crippen molar-refractivity contribution in [3.8, 4) is 0 Å². The maximum Gasteiger partial charge on any atom is 0.337 e. The predicted molar refractivity (Wildman–Crippen MR) is 68.0 cm³/mol. The number of carbonyl (C=O) groups is 2. The van der Waals surface area contributed by atoms with Crippen LogP contribution in [0.4, 0.5) is 0 Å². The quantitative estimate of drug-likeness (QED) is 0.601. The smallest absolute Gasteiger partial charge is 0.337 e. The zero-order valence-corrected chi connectivity index (χ0v) is 10.3. The largest absolute Gasteiger partial charge is 0.465 e. The molecule has 0 saturated carbocycles. The van der Waals surface area contributed by atoms with Gasteiger partial charge in [-0.2, -0.15) is 0 Å². The Morgan fingerprint density at radius 1 is 1.22 bits per heavy atom. The Bertz CT molecular complexity index is 472. The van der Waals surface area contributed by atoms with Crippen LogP contribution >= 0.6 is 0 Å². The van der Waals surface area contributed by atoms with Gasteiger partial charge in [0.1, 0.15) is 0 Å². The fourth-order valence-electron chi connectivity index (χ4n) is 1.66. The van der Waals surface area contributed by atoms with Gasteiger partial charge >= 0.3 is 5.97 Å². The summed E-state index contributed by atoms with van der Waals surface area (Å²) in [4.78, 5) is 24.6. The zero-order chi connectivity index (χ0) is 13.0. The number of hydrogen-bond acceptors (Lipinski definition) is 3. The maximum absolute atomic E-state index is 11.6. The van der Waals surface area contributed by atoms with Gasteiger partial charge < -0.3 is 9.64 Å². The molecule has 0 spiro atoms. The van der Waals surface area contributed by atoms with E-state index in [1.165, 1.54) is 7.11 Å². The van der Waals surface area contributed by atoms with Crippen LogP contribution in [0.1, 0.15) is 22.3 Å². The molecule has 1 heterocycles. The molecule has 0 unspecified atom stereocenters. The molecule has 1 aliphatic rings. The van der Waals surface area contributed by atoms with Crippen molar-refractivity contribution in [3.63, 3.8) is 0 Å². The number of likely N-dealkylation sites (tertiary alicyclic amines) is 1. The number of methoxy groups -OCH3 is 1. The normalized spacial score (nSPS) is 14.4. The summed E-state index contributed by atoms with van der Waals surface area (Å²) in [6.45, 7) is 1.70. The molecule has 4 nitrogen and oxygen atoms in total. The van der Waals surface area contributed by atoms with Crippen LogP contribution in [0.5, 0.6) is 0 Å². The Morgan fingerprint density at radius 3 is 2.39 bits per heavy atom. The van der Waals surface area contributed by atoms with Crippen molar-refractivity contribution >= 4 is 18.0 Å². The average Bonchev–Trinajstić information content (AvgIpc) is 2.34. The SMILES string of the molecule is COC(=O)c1ccc(C=CC(=O)N2CCC2)cc1. The van der Waals surface area contributed by atoms with E-state index >= 15 is 0 Å². The number of hydrogen-bond donors (Lipinski definition) is 0. The van der Waals surface area contributed by atoms with Gasteiger partial charge in [0.05, 0.1) is 12.7 Å². The Hall–Kier alpha value is -2.10. The summed E-state index contributed by atoms with van der Waals surface area (Å²) in [6.07, 6.45) is 4.40. The Morgan fingerprint density at radius 2 is 1.89 bits per heavy atom. The molecule has 0 bridgehead atoms. The van der Waals surface area contributed by atoms with Crippen LogP contribution in [-0.4, -0.2) is 37.0 Å². The summed E-state index contributed by atoms with van der Waals surface area (Å²) in [5, 5.41) is 0. The van der Waals surface area contributed by atoms with Gasteiger partial charge in [0.15, 0.2) is 0 Å². The molecular weight excluding hydrogens is 230 g/mol. The molecule has 1 aromatic carbocycles. The minimum absolute atomic E-state index is 0.0401. The maximum atomic E-state index is 11.6. The lowest BCUT2D eigenvalue weighted by Crippen LogP contribution is -2.40. The van der Waals surface area contributed by atoms with Crippen LogP contribution in [0.25, 0.3) is 6.08 Å². The Kier molecular flexibility index (Phi) is 3.77. The van der Waals surface area contributed by atoms with Crippen molar-refractivity contribution in [2.45, 2.75) is 6.42 Å². The summed E-state index contributed by atoms with van der Waals surface area (Å²) in [7, 11) is 1.35. The molecule has 2 rings (SSSR count). The molecule has 0 aromatic heterocycles. The van der Waals surface area contributed by atoms with E-state index in [1.807, 2.05) is 0 Å². The second-order valence-electron chi connectivity index (χ2n) is 4.13. The van der Waals surface area contributed by atoms with Gasteiger partial charge in [-0.05, 0) is 30.2 Å². The number of esters is 1. The fraction of sp³-hybridized carbons (Fsp3) is 0.286. The first-order valence-corrected chi connectivity index (χ1v) is 5.86. The lowest BCUT2D eigenvalue weighted by molar-refractivity contribution is -0.129. The van der Waals surface area contributed by atoms with Crippen LogP contribution in [0.3, 0.4) is 0 Å². The highest BCUT2D eigenvalue weighted by Gasteiger charge is 2.17. The van der Waals surface area contributed by atoms with Gasteiger partial charge in [0, 0.05) is 19.2 Å². The third kappa shape index (κ3) is 2.77. The van der Waals surface area contributed by atoms with E-state index in [-0.39, 0.29) is 11.9 Å². The number of amides is 1. The van der Waals surface area contributed by atoms with E-state index < -0.39 is 0 Å². The first-order chi connectivity index (χ1) is 8.70. The van der Waals surface area contributed by atoms with Gasteiger partial charge in [0.2, 0.25) is 5.91 Å². The summed E-state index contributed by atoms with van der Waals surface area (Å²) in [6, 6.07) is 6.93. The fourth-order valence-corrected chi connectivity index (χ4v) is 1.66. The van der Waals surface area contributed by atoms with E-state index in [0.717, 1.165) is 25.1 Å². The number of rotatable bonds is 3. The molecule has 1 saturated heterocycles. The van der Waals surface area contributed by atoms with Crippen molar-refractivity contribution in [1.29, 1.82) is 0 Å². The third-order valence-corrected chi connectivity index (χ3v) is 2.92. The van der Waals surface area contributed by atoms with Crippen LogP contribution in [0, 0.1) is 0 Å². The molecule has 0 N–H and O–H groups in total. The molecule has 4 heteroatoms. The van der Waals surface area contributed by atoms with Crippen LogP contribution in [0.15, 0.2) is 30.3 Å². The van der Waals surface area contributed by atoms with E-state index in [2.05, 4.69) is 4.74 Å². The minimum atomic E-state index is -0.359. The molecule has 18 heavy (non-hydrogen) atoms. The molecule has 1 aromatic rings. The molecule has 0 aliphatic carbocycles. The highest BCUT2D eigenvalue weighted by Crippen LogP contribution is 2.10. The summed E-state index contributed by atoms with van der Waals surface area (Å²) in [5.74, 6) is -0.319. The molecule has 0 radical (unpaired) electrons. The molecular formula is C14H15NO3. The van der Waals surface area contributed by atoms with Gasteiger partial charge in [-0.3, -0.25) is 4.79 Å². The van der Waals surface area contributed by atoms with Crippen molar-refractivity contribution in [1.82, 2.24) is 4.90 Å². The van der Waals surface area contributed by atoms with E-state index in [9.17, 15) is 9.59 Å². The molecule has 0 atom stereocenters. The van der Waals surface area contributed by atoms with Crippen LogP contribution < -0.4 is 0 Å². The van der Waals surface area contributed by atoms with E-state index in [1.54, 1.807) is 41.3 Å². The molecule has 1 amide bonds. The van der Waals surface area contributed by atoms with Crippen LogP contribution in [-0.2, 0) is 9.53 Å². The summed E-state index contributed by atoms with van der Waals surface area (Å²) in [5.41, 5.74) is 1.39. The lowest BCUT2D eigenvalue weighted by atomic mass is 10.1. The zero-order valence-electron chi connectivity index (χ0n) is 10.3. The minimum Gasteiger partial charge on any atom is -0.465 e. The molecule has 1 aliphatic heterocycles. The number of carbonyl (C=O) groups excluding carboxylic acids is 2. The second kappa shape index (κ2) is 5.49.